The molecule has 2 heterocycles. The first-order chi connectivity index (χ1) is 9.81. The largest absolute Gasteiger partial charge is 0.374 e. The number of nitrogens with one attached hydrogen (secondary N) is 2. The van der Waals surface area contributed by atoms with Crippen LogP contribution in [0.2, 0.25) is 0 Å². The molecule has 4 N–H and O–H groups in total. The Balaban J connectivity index is 1.94. The molecule has 0 spiro atoms. The maximum absolute atomic E-state index is 5.40. The number of hydrazine groups is 1. The molecular formula is C12H19N7O. The lowest BCUT2D eigenvalue weighted by atomic mass is 10.4. The van der Waals surface area contributed by atoms with Gasteiger partial charge in [-0.3, -0.25) is 4.68 Å². The zero-order chi connectivity index (χ0) is 14.2. The van der Waals surface area contributed by atoms with E-state index in [0.717, 1.165) is 6.54 Å². The molecule has 2 aromatic heterocycles. The molecule has 2 rings (SSSR count). The summed E-state index contributed by atoms with van der Waals surface area (Å²) in [5.74, 6) is 7.24. The van der Waals surface area contributed by atoms with Crippen molar-refractivity contribution in [2.45, 2.75) is 20.1 Å². The second-order valence-corrected chi connectivity index (χ2v) is 4.03. The van der Waals surface area contributed by atoms with E-state index in [2.05, 4.69) is 25.8 Å². The molecule has 0 aliphatic heterocycles. The van der Waals surface area contributed by atoms with Crippen molar-refractivity contribution in [1.82, 2.24) is 19.7 Å². The van der Waals surface area contributed by atoms with Crippen LogP contribution < -0.4 is 16.6 Å². The number of ether oxygens (including phenoxy) is 1. The summed E-state index contributed by atoms with van der Waals surface area (Å²) in [6, 6.07) is 3.64. The molecule has 2 aromatic rings. The quantitative estimate of drug-likeness (QED) is 0.479. The van der Waals surface area contributed by atoms with Crippen LogP contribution >= 0.6 is 0 Å². The van der Waals surface area contributed by atoms with Crippen LogP contribution in [0, 0.1) is 0 Å². The first kappa shape index (κ1) is 14.2. The maximum Gasteiger partial charge on any atom is 0.158 e. The Morgan fingerprint density at radius 1 is 1.35 bits per heavy atom. The third-order valence-corrected chi connectivity index (χ3v) is 2.56. The van der Waals surface area contributed by atoms with Gasteiger partial charge in [0.2, 0.25) is 0 Å². The Morgan fingerprint density at radius 3 is 2.90 bits per heavy atom. The predicted molar refractivity (Wildman–Crippen MR) is 75.9 cm³/mol. The number of nitrogens with zero attached hydrogens (tertiary/aromatic N) is 4. The monoisotopic (exact) mass is 277 g/mol. The van der Waals surface area contributed by atoms with Gasteiger partial charge in [0.1, 0.15) is 18.2 Å². The maximum atomic E-state index is 5.40. The van der Waals surface area contributed by atoms with Gasteiger partial charge in [0.15, 0.2) is 5.82 Å². The minimum absolute atomic E-state index is 0.361. The van der Waals surface area contributed by atoms with Crippen LogP contribution in [0.15, 0.2) is 24.5 Å². The van der Waals surface area contributed by atoms with Gasteiger partial charge in [-0.05, 0) is 13.0 Å². The molecule has 0 saturated heterocycles. The van der Waals surface area contributed by atoms with Gasteiger partial charge in [-0.15, -0.1) is 0 Å². The van der Waals surface area contributed by atoms with Crippen molar-refractivity contribution in [2.24, 2.45) is 5.84 Å². The van der Waals surface area contributed by atoms with Crippen molar-refractivity contribution in [2.75, 3.05) is 23.9 Å². The van der Waals surface area contributed by atoms with Gasteiger partial charge >= 0.3 is 0 Å². The van der Waals surface area contributed by atoms with Crippen LogP contribution in [-0.4, -0.2) is 32.9 Å². The van der Waals surface area contributed by atoms with Crippen LogP contribution in [0.4, 0.5) is 11.6 Å². The van der Waals surface area contributed by atoms with E-state index >= 15 is 0 Å². The summed E-state index contributed by atoms with van der Waals surface area (Å²) >= 11 is 0. The highest BCUT2D eigenvalue weighted by atomic mass is 16.5. The summed E-state index contributed by atoms with van der Waals surface area (Å²) in [6.45, 7) is 4.36. The van der Waals surface area contributed by atoms with E-state index in [9.17, 15) is 0 Å². The smallest absolute Gasteiger partial charge is 0.158 e. The summed E-state index contributed by atoms with van der Waals surface area (Å²) in [6.07, 6.45) is 3.66. The third kappa shape index (κ3) is 4.18. The fourth-order valence-corrected chi connectivity index (χ4v) is 1.65. The van der Waals surface area contributed by atoms with Crippen molar-refractivity contribution >= 4 is 11.6 Å². The minimum Gasteiger partial charge on any atom is -0.374 e. The highest BCUT2D eigenvalue weighted by Gasteiger charge is 2.04. The number of aromatic nitrogens is 4. The molecule has 0 amide bonds. The molecule has 20 heavy (non-hydrogen) atoms. The Morgan fingerprint density at radius 2 is 2.20 bits per heavy atom. The molecule has 0 radical (unpaired) electrons. The number of nitrogens with two attached hydrogens (primary N) is 1. The number of rotatable bonds is 8. The normalized spacial score (nSPS) is 10.5. The van der Waals surface area contributed by atoms with E-state index in [0.29, 0.717) is 37.2 Å². The number of anilines is 2. The standard InChI is InChI=1S/C12H19N7O/c1-2-20-9-12-16-10(8-11(17-12)18-13)14-5-7-19-6-3-4-15-19/h3-4,6,8H,2,5,7,9,13H2,1H3,(H2,14,16,17,18). The first-order valence-corrected chi connectivity index (χ1v) is 6.45. The van der Waals surface area contributed by atoms with Crippen molar-refractivity contribution in [3.8, 4) is 0 Å². The van der Waals surface area contributed by atoms with Gasteiger partial charge in [-0.1, -0.05) is 0 Å². The number of hydrogen-bond donors (Lipinski definition) is 3. The molecule has 0 saturated carbocycles. The lowest BCUT2D eigenvalue weighted by molar-refractivity contribution is 0.128. The van der Waals surface area contributed by atoms with E-state index in [1.165, 1.54) is 0 Å². The van der Waals surface area contributed by atoms with Crippen molar-refractivity contribution < 1.29 is 4.74 Å². The lowest BCUT2D eigenvalue weighted by Gasteiger charge is -2.10. The number of hydrogen-bond acceptors (Lipinski definition) is 7. The molecule has 0 aromatic carbocycles. The summed E-state index contributed by atoms with van der Waals surface area (Å²) in [5.41, 5.74) is 2.52. The zero-order valence-corrected chi connectivity index (χ0v) is 11.4. The number of nitrogen functional groups attached to an aromatic ring is 1. The molecule has 0 atom stereocenters. The minimum atomic E-state index is 0.361. The van der Waals surface area contributed by atoms with Gasteiger partial charge in [0.05, 0.1) is 6.54 Å². The molecule has 108 valence electrons. The molecule has 0 fully saturated rings. The van der Waals surface area contributed by atoms with Gasteiger partial charge < -0.3 is 15.5 Å². The Hall–Kier alpha value is -2.19. The van der Waals surface area contributed by atoms with Gasteiger partial charge in [0.25, 0.3) is 0 Å². The average molecular weight is 277 g/mol. The SMILES string of the molecule is CCOCc1nc(NN)cc(NCCn2cccn2)n1. The van der Waals surface area contributed by atoms with E-state index in [1.807, 2.05) is 23.9 Å². The molecule has 0 aliphatic carbocycles. The van der Waals surface area contributed by atoms with Crippen molar-refractivity contribution in [1.29, 1.82) is 0 Å². The van der Waals surface area contributed by atoms with Gasteiger partial charge in [-0.25, -0.2) is 15.8 Å². The van der Waals surface area contributed by atoms with Crippen LogP contribution in [0.1, 0.15) is 12.7 Å². The molecule has 0 aliphatic rings. The molecule has 8 heteroatoms. The lowest BCUT2D eigenvalue weighted by Crippen LogP contribution is -2.15. The van der Waals surface area contributed by atoms with Gasteiger partial charge in [-0.2, -0.15) is 5.10 Å². The second-order valence-electron chi connectivity index (χ2n) is 4.03. The fourth-order valence-electron chi connectivity index (χ4n) is 1.65. The molecule has 0 unspecified atom stereocenters. The summed E-state index contributed by atoms with van der Waals surface area (Å²) in [7, 11) is 0. The van der Waals surface area contributed by atoms with Crippen LogP contribution in [0.3, 0.4) is 0 Å². The Bertz CT molecular complexity index is 515. The Labute approximate surface area is 117 Å². The van der Waals surface area contributed by atoms with Crippen LogP contribution in [0.25, 0.3) is 0 Å². The topological polar surface area (TPSA) is 103 Å². The van der Waals surface area contributed by atoms with E-state index in [-0.39, 0.29) is 0 Å². The van der Waals surface area contributed by atoms with Crippen molar-refractivity contribution in [3.63, 3.8) is 0 Å². The highest BCUT2D eigenvalue weighted by molar-refractivity contribution is 5.46. The average Bonchev–Trinajstić information content (AvgIpc) is 2.98. The van der Waals surface area contributed by atoms with E-state index in [4.69, 9.17) is 10.6 Å². The van der Waals surface area contributed by atoms with Gasteiger partial charge in [0, 0.05) is 31.6 Å². The predicted octanol–water partition coefficient (Wildman–Crippen LogP) is 0.607. The second kappa shape index (κ2) is 7.41. The fraction of sp³-hybridized carbons (Fsp3) is 0.417. The summed E-state index contributed by atoms with van der Waals surface area (Å²) in [4.78, 5) is 8.58. The first-order valence-electron chi connectivity index (χ1n) is 6.45. The highest BCUT2D eigenvalue weighted by Crippen LogP contribution is 2.11. The zero-order valence-electron chi connectivity index (χ0n) is 11.4. The van der Waals surface area contributed by atoms with Crippen LogP contribution in [-0.2, 0) is 17.9 Å². The molecular weight excluding hydrogens is 258 g/mol. The van der Waals surface area contributed by atoms with E-state index < -0.39 is 0 Å². The molecule has 0 bridgehead atoms. The van der Waals surface area contributed by atoms with Crippen molar-refractivity contribution in [3.05, 3.63) is 30.4 Å². The van der Waals surface area contributed by atoms with E-state index in [1.54, 1.807) is 12.3 Å². The summed E-state index contributed by atoms with van der Waals surface area (Å²) < 4.78 is 7.15. The molecule has 8 nitrogen and oxygen atoms in total. The van der Waals surface area contributed by atoms with Crippen LogP contribution in [0.5, 0.6) is 0 Å². The Kier molecular flexibility index (Phi) is 5.27. The summed E-state index contributed by atoms with van der Waals surface area (Å²) in [5, 5.41) is 7.34. The third-order valence-electron chi connectivity index (χ3n) is 2.56.